The average Bonchev–Trinajstić information content (AvgIpc) is 3.05. The molecule has 2 N–H and O–H groups in total. The first-order chi connectivity index (χ1) is 10.0. The van der Waals surface area contributed by atoms with Crippen molar-refractivity contribution in [1.29, 1.82) is 0 Å². The molecule has 0 aliphatic heterocycles. The Morgan fingerprint density at radius 3 is 2.95 bits per heavy atom. The number of thiophene rings is 1. The summed E-state index contributed by atoms with van der Waals surface area (Å²) in [7, 11) is -3.81. The molecule has 0 unspecified atom stereocenters. The van der Waals surface area contributed by atoms with Crippen LogP contribution in [0.3, 0.4) is 0 Å². The number of rotatable bonds is 4. The van der Waals surface area contributed by atoms with Gasteiger partial charge in [-0.25, -0.2) is 9.63 Å². The SMILES string of the molecule is O=c1[nH]c2ccc(S(=O)(=O)N/N=C/c3cccs3)cc2o1. The molecule has 108 valence electrons. The maximum atomic E-state index is 12.1. The molecule has 0 saturated carbocycles. The molecule has 0 amide bonds. The van der Waals surface area contributed by atoms with Gasteiger partial charge in [-0.05, 0) is 23.6 Å². The summed E-state index contributed by atoms with van der Waals surface area (Å²) >= 11 is 1.44. The van der Waals surface area contributed by atoms with Crippen molar-refractivity contribution in [2.75, 3.05) is 0 Å². The number of nitrogens with zero attached hydrogens (tertiary/aromatic N) is 1. The highest BCUT2D eigenvalue weighted by Gasteiger charge is 2.14. The molecule has 0 radical (unpaired) electrons. The third-order valence-corrected chi connectivity index (χ3v) is 4.64. The van der Waals surface area contributed by atoms with E-state index < -0.39 is 15.8 Å². The van der Waals surface area contributed by atoms with Crippen molar-refractivity contribution in [3.63, 3.8) is 0 Å². The lowest BCUT2D eigenvalue weighted by atomic mass is 10.3. The van der Waals surface area contributed by atoms with Crippen molar-refractivity contribution in [3.05, 3.63) is 51.1 Å². The number of aromatic nitrogens is 1. The van der Waals surface area contributed by atoms with Crippen molar-refractivity contribution >= 4 is 38.7 Å². The van der Waals surface area contributed by atoms with E-state index in [0.717, 1.165) is 4.88 Å². The third kappa shape index (κ3) is 2.88. The van der Waals surface area contributed by atoms with Crippen LogP contribution in [0.2, 0.25) is 0 Å². The van der Waals surface area contributed by atoms with Gasteiger partial charge in [0.1, 0.15) is 0 Å². The van der Waals surface area contributed by atoms with Crippen molar-refractivity contribution < 1.29 is 12.8 Å². The highest BCUT2D eigenvalue weighted by molar-refractivity contribution is 7.89. The standard InChI is InChI=1S/C12H9N3O4S2/c16-12-14-10-4-3-9(6-11(10)19-12)21(17,18)15-13-7-8-2-1-5-20-8/h1-7,15H,(H,14,16)/b13-7+. The fourth-order valence-corrected chi connectivity index (χ4v) is 3.06. The third-order valence-electron chi connectivity index (χ3n) is 2.61. The van der Waals surface area contributed by atoms with Crippen LogP contribution in [0.4, 0.5) is 0 Å². The molecule has 9 heteroatoms. The van der Waals surface area contributed by atoms with Crippen molar-refractivity contribution in [1.82, 2.24) is 9.82 Å². The molecular weight excluding hydrogens is 314 g/mol. The Balaban J connectivity index is 1.87. The van der Waals surface area contributed by atoms with E-state index in [0.29, 0.717) is 5.52 Å². The number of benzene rings is 1. The monoisotopic (exact) mass is 323 g/mol. The second-order valence-corrected chi connectivity index (χ2v) is 6.68. The number of nitrogens with one attached hydrogen (secondary N) is 2. The van der Waals surface area contributed by atoms with E-state index in [1.807, 2.05) is 17.5 Å². The van der Waals surface area contributed by atoms with Gasteiger partial charge in [-0.1, -0.05) is 6.07 Å². The molecule has 0 fully saturated rings. The Bertz CT molecular complexity index is 952. The molecule has 3 aromatic rings. The number of oxazole rings is 1. The van der Waals surface area contributed by atoms with Gasteiger partial charge in [0, 0.05) is 10.9 Å². The van der Waals surface area contributed by atoms with Gasteiger partial charge >= 0.3 is 5.76 Å². The number of H-pyrrole nitrogens is 1. The van der Waals surface area contributed by atoms with Crippen molar-refractivity contribution in [2.24, 2.45) is 5.10 Å². The van der Waals surface area contributed by atoms with E-state index in [1.165, 1.54) is 35.8 Å². The van der Waals surface area contributed by atoms with Crippen LogP contribution in [-0.2, 0) is 10.0 Å². The molecule has 7 nitrogen and oxygen atoms in total. The van der Waals surface area contributed by atoms with Gasteiger partial charge in [-0.15, -0.1) is 11.3 Å². The first-order valence-corrected chi connectivity index (χ1v) is 8.12. The van der Waals surface area contributed by atoms with Crippen LogP contribution in [0.15, 0.2) is 54.9 Å². The largest absolute Gasteiger partial charge is 0.417 e. The number of hydrogen-bond acceptors (Lipinski definition) is 6. The average molecular weight is 323 g/mol. The Labute approximate surface area is 123 Å². The van der Waals surface area contributed by atoms with Crippen LogP contribution in [0.5, 0.6) is 0 Å². The fourth-order valence-electron chi connectivity index (χ4n) is 1.67. The number of sulfonamides is 1. The summed E-state index contributed by atoms with van der Waals surface area (Å²) in [6.07, 6.45) is 1.41. The second kappa shape index (κ2) is 5.19. The normalized spacial score (nSPS) is 12.2. The Hall–Kier alpha value is -2.39. The molecule has 0 bridgehead atoms. The van der Waals surface area contributed by atoms with E-state index in [1.54, 1.807) is 0 Å². The predicted octanol–water partition coefficient (Wildman–Crippen LogP) is 1.49. The summed E-state index contributed by atoms with van der Waals surface area (Å²) in [5.41, 5.74) is 0.603. The maximum absolute atomic E-state index is 12.1. The van der Waals surface area contributed by atoms with Gasteiger partial charge in [0.2, 0.25) is 0 Å². The molecule has 0 saturated heterocycles. The van der Waals surface area contributed by atoms with Gasteiger partial charge in [0.25, 0.3) is 10.0 Å². The number of fused-ring (bicyclic) bond motifs is 1. The zero-order chi connectivity index (χ0) is 14.9. The van der Waals surface area contributed by atoms with Crippen molar-refractivity contribution in [2.45, 2.75) is 4.90 Å². The van der Waals surface area contributed by atoms with Gasteiger partial charge in [0.05, 0.1) is 16.6 Å². The lowest BCUT2D eigenvalue weighted by molar-refractivity contribution is 0.553. The van der Waals surface area contributed by atoms with E-state index in [2.05, 4.69) is 14.9 Å². The zero-order valence-electron chi connectivity index (χ0n) is 10.4. The second-order valence-electron chi connectivity index (χ2n) is 4.04. The molecule has 21 heavy (non-hydrogen) atoms. The summed E-state index contributed by atoms with van der Waals surface area (Å²) in [4.78, 5) is 16.4. The minimum absolute atomic E-state index is 0.0407. The first kappa shape index (κ1) is 13.6. The molecule has 0 spiro atoms. The van der Waals surface area contributed by atoms with Crippen LogP contribution in [-0.4, -0.2) is 19.6 Å². The van der Waals surface area contributed by atoms with E-state index in [-0.39, 0.29) is 10.5 Å². The van der Waals surface area contributed by atoms with E-state index >= 15 is 0 Å². The smallest absolute Gasteiger partial charge is 0.408 e. The molecule has 2 heterocycles. The quantitative estimate of drug-likeness (QED) is 0.560. The molecule has 1 aromatic carbocycles. The Morgan fingerprint density at radius 2 is 2.19 bits per heavy atom. The van der Waals surface area contributed by atoms with E-state index in [9.17, 15) is 13.2 Å². The van der Waals surface area contributed by atoms with Gasteiger partial charge in [-0.3, -0.25) is 4.98 Å². The van der Waals surface area contributed by atoms with Crippen molar-refractivity contribution in [3.8, 4) is 0 Å². The summed E-state index contributed by atoms with van der Waals surface area (Å²) in [5, 5.41) is 5.55. The van der Waals surface area contributed by atoms with Gasteiger partial charge in [0.15, 0.2) is 5.58 Å². The topological polar surface area (TPSA) is 105 Å². The summed E-state index contributed by atoms with van der Waals surface area (Å²) < 4.78 is 28.9. The Kier molecular flexibility index (Phi) is 3.35. The minimum Gasteiger partial charge on any atom is -0.408 e. The van der Waals surface area contributed by atoms with E-state index in [4.69, 9.17) is 4.42 Å². The highest BCUT2D eigenvalue weighted by Crippen LogP contribution is 2.16. The summed E-state index contributed by atoms with van der Waals surface area (Å²) in [5.74, 6) is -0.636. The Morgan fingerprint density at radius 1 is 1.33 bits per heavy atom. The zero-order valence-corrected chi connectivity index (χ0v) is 12.1. The van der Waals surface area contributed by atoms with Crippen LogP contribution < -0.4 is 10.6 Å². The number of aromatic amines is 1. The maximum Gasteiger partial charge on any atom is 0.417 e. The summed E-state index contributed by atoms with van der Waals surface area (Å²) in [6.45, 7) is 0. The van der Waals surface area contributed by atoms with Gasteiger partial charge in [-0.2, -0.15) is 13.5 Å². The van der Waals surface area contributed by atoms with Crippen LogP contribution >= 0.6 is 11.3 Å². The highest BCUT2D eigenvalue weighted by atomic mass is 32.2. The molecule has 0 atom stereocenters. The lowest BCUT2D eigenvalue weighted by Crippen LogP contribution is -2.18. The molecule has 0 aliphatic carbocycles. The molecular formula is C12H9N3O4S2. The lowest BCUT2D eigenvalue weighted by Gasteiger charge is -2.02. The minimum atomic E-state index is -3.81. The van der Waals surface area contributed by atoms with Gasteiger partial charge < -0.3 is 4.42 Å². The predicted molar refractivity (Wildman–Crippen MR) is 79.1 cm³/mol. The molecule has 2 aromatic heterocycles. The number of hydrogen-bond donors (Lipinski definition) is 2. The summed E-state index contributed by atoms with van der Waals surface area (Å²) in [6, 6.07) is 7.72. The van der Waals surface area contributed by atoms with Crippen LogP contribution in [0.1, 0.15) is 4.88 Å². The molecule has 3 rings (SSSR count). The fraction of sp³-hybridized carbons (Fsp3) is 0. The molecule has 0 aliphatic rings. The van der Waals surface area contributed by atoms with Crippen LogP contribution in [0, 0.1) is 0 Å². The van der Waals surface area contributed by atoms with Crippen LogP contribution in [0.25, 0.3) is 11.1 Å². The first-order valence-electron chi connectivity index (χ1n) is 5.76. The number of hydrazone groups is 1.